The first-order valence-corrected chi connectivity index (χ1v) is 7.51. The van der Waals surface area contributed by atoms with Crippen molar-refractivity contribution in [3.8, 4) is 0 Å². The Balaban J connectivity index is 2.44. The number of hydrogen-bond acceptors (Lipinski definition) is 2. The molecule has 3 heteroatoms. The van der Waals surface area contributed by atoms with Gasteiger partial charge in [-0.15, -0.1) is 0 Å². The van der Waals surface area contributed by atoms with Gasteiger partial charge in [0.05, 0.1) is 6.04 Å². The molecule has 1 aliphatic rings. The lowest BCUT2D eigenvalue weighted by atomic mass is 9.79. The van der Waals surface area contributed by atoms with E-state index in [1.165, 1.54) is 12.8 Å². The molecule has 106 valence electrons. The van der Waals surface area contributed by atoms with E-state index in [4.69, 9.17) is 5.73 Å². The van der Waals surface area contributed by atoms with E-state index in [0.29, 0.717) is 12.0 Å². The molecule has 0 spiro atoms. The molecular formula is C15H30N2O. The highest BCUT2D eigenvalue weighted by molar-refractivity contribution is 5.82. The maximum absolute atomic E-state index is 12.1. The molecule has 1 rings (SSSR count). The molecule has 3 N–H and O–H groups in total. The van der Waals surface area contributed by atoms with Gasteiger partial charge in [-0.1, -0.05) is 47.0 Å². The first kappa shape index (κ1) is 15.5. The standard InChI is InChI=1S/C15H30N2O/c1-5-11(4)14(16)15(18)17-13-8-6-7-12(9-13)10(2)3/h10-14H,5-9,16H2,1-4H3,(H,17,18). The van der Waals surface area contributed by atoms with Gasteiger partial charge in [-0.05, 0) is 30.6 Å². The van der Waals surface area contributed by atoms with Gasteiger partial charge in [0.25, 0.3) is 0 Å². The average molecular weight is 254 g/mol. The Hall–Kier alpha value is -0.570. The SMILES string of the molecule is CCC(C)C(N)C(=O)NC1CCCC(C(C)C)C1. The lowest BCUT2D eigenvalue weighted by Crippen LogP contribution is -2.49. The van der Waals surface area contributed by atoms with E-state index in [1.807, 2.05) is 6.92 Å². The molecule has 1 fully saturated rings. The largest absolute Gasteiger partial charge is 0.352 e. The third kappa shape index (κ3) is 4.27. The summed E-state index contributed by atoms with van der Waals surface area (Å²) in [5.41, 5.74) is 5.97. The monoisotopic (exact) mass is 254 g/mol. The molecule has 0 bridgehead atoms. The molecule has 4 atom stereocenters. The zero-order chi connectivity index (χ0) is 13.7. The van der Waals surface area contributed by atoms with Crippen LogP contribution in [0, 0.1) is 17.8 Å². The molecule has 1 amide bonds. The fraction of sp³-hybridized carbons (Fsp3) is 0.933. The van der Waals surface area contributed by atoms with Gasteiger partial charge in [-0.2, -0.15) is 0 Å². The van der Waals surface area contributed by atoms with Crippen LogP contribution in [-0.2, 0) is 4.79 Å². The molecule has 0 heterocycles. The van der Waals surface area contributed by atoms with Crippen LogP contribution in [0.15, 0.2) is 0 Å². The summed E-state index contributed by atoms with van der Waals surface area (Å²) in [6, 6.07) is -0.0109. The highest BCUT2D eigenvalue weighted by Gasteiger charge is 2.27. The predicted octanol–water partition coefficient (Wildman–Crippen LogP) is 2.69. The van der Waals surface area contributed by atoms with Crippen molar-refractivity contribution in [1.29, 1.82) is 0 Å². The Morgan fingerprint density at radius 2 is 2.00 bits per heavy atom. The molecule has 0 aromatic heterocycles. The molecule has 1 aliphatic carbocycles. The number of amides is 1. The summed E-state index contributed by atoms with van der Waals surface area (Å²) >= 11 is 0. The highest BCUT2D eigenvalue weighted by atomic mass is 16.2. The summed E-state index contributed by atoms with van der Waals surface area (Å²) in [5.74, 6) is 1.77. The smallest absolute Gasteiger partial charge is 0.237 e. The summed E-state index contributed by atoms with van der Waals surface area (Å²) in [5, 5.41) is 3.15. The molecule has 3 nitrogen and oxygen atoms in total. The maximum atomic E-state index is 12.1. The molecule has 4 unspecified atom stereocenters. The summed E-state index contributed by atoms with van der Waals surface area (Å²) in [6.07, 6.45) is 5.72. The fourth-order valence-corrected chi connectivity index (χ4v) is 2.77. The van der Waals surface area contributed by atoms with Gasteiger partial charge in [0.1, 0.15) is 0 Å². The van der Waals surface area contributed by atoms with Crippen molar-refractivity contribution < 1.29 is 4.79 Å². The van der Waals surface area contributed by atoms with Crippen molar-refractivity contribution in [2.45, 2.75) is 71.9 Å². The minimum atomic E-state index is -0.352. The summed E-state index contributed by atoms with van der Waals surface area (Å²) in [7, 11) is 0. The van der Waals surface area contributed by atoms with Crippen LogP contribution < -0.4 is 11.1 Å². The number of carbonyl (C=O) groups is 1. The van der Waals surface area contributed by atoms with Gasteiger partial charge in [-0.25, -0.2) is 0 Å². The van der Waals surface area contributed by atoms with Crippen molar-refractivity contribution >= 4 is 5.91 Å². The maximum Gasteiger partial charge on any atom is 0.237 e. The van der Waals surface area contributed by atoms with Crippen LogP contribution in [0.3, 0.4) is 0 Å². The van der Waals surface area contributed by atoms with Crippen LogP contribution in [0.1, 0.15) is 59.8 Å². The fourth-order valence-electron chi connectivity index (χ4n) is 2.77. The van der Waals surface area contributed by atoms with Crippen molar-refractivity contribution in [3.05, 3.63) is 0 Å². The molecule has 0 aliphatic heterocycles. The Kier molecular flexibility index (Phi) is 6.13. The third-order valence-corrected chi connectivity index (χ3v) is 4.56. The normalized spacial score (nSPS) is 27.9. The summed E-state index contributed by atoms with van der Waals surface area (Å²) < 4.78 is 0. The number of hydrogen-bond donors (Lipinski definition) is 2. The molecule has 1 saturated carbocycles. The Morgan fingerprint density at radius 3 is 2.56 bits per heavy atom. The van der Waals surface area contributed by atoms with Gasteiger partial charge >= 0.3 is 0 Å². The first-order chi connectivity index (χ1) is 8.45. The quantitative estimate of drug-likeness (QED) is 0.792. The van der Waals surface area contributed by atoms with Gasteiger partial charge in [0.15, 0.2) is 0 Å². The second-order valence-electron chi connectivity index (χ2n) is 6.29. The Labute approximate surface area is 112 Å². The molecule has 0 aromatic rings. The van der Waals surface area contributed by atoms with Crippen molar-refractivity contribution in [2.24, 2.45) is 23.5 Å². The Bertz CT molecular complexity index is 265. The van der Waals surface area contributed by atoms with Gasteiger partial charge in [0.2, 0.25) is 5.91 Å². The van der Waals surface area contributed by atoms with Gasteiger partial charge in [0, 0.05) is 6.04 Å². The molecule has 18 heavy (non-hydrogen) atoms. The van der Waals surface area contributed by atoms with Crippen LogP contribution in [0.5, 0.6) is 0 Å². The molecule has 0 aromatic carbocycles. The number of nitrogens with two attached hydrogens (primary N) is 1. The van der Waals surface area contributed by atoms with Crippen LogP contribution in [-0.4, -0.2) is 18.0 Å². The van der Waals surface area contributed by atoms with E-state index in [9.17, 15) is 4.79 Å². The number of carbonyl (C=O) groups excluding carboxylic acids is 1. The number of nitrogens with one attached hydrogen (secondary N) is 1. The summed E-state index contributed by atoms with van der Waals surface area (Å²) in [6.45, 7) is 8.68. The van der Waals surface area contributed by atoms with E-state index in [-0.39, 0.29) is 17.9 Å². The van der Waals surface area contributed by atoms with Gasteiger partial charge < -0.3 is 11.1 Å². The van der Waals surface area contributed by atoms with Crippen LogP contribution in [0.25, 0.3) is 0 Å². The molecular weight excluding hydrogens is 224 g/mol. The van der Waals surface area contributed by atoms with Crippen molar-refractivity contribution in [3.63, 3.8) is 0 Å². The van der Waals surface area contributed by atoms with E-state index in [0.717, 1.165) is 25.2 Å². The third-order valence-electron chi connectivity index (χ3n) is 4.56. The summed E-state index contributed by atoms with van der Waals surface area (Å²) in [4.78, 5) is 12.1. The van der Waals surface area contributed by atoms with Crippen LogP contribution >= 0.6 is 0 Å². The second kappa shape index (κ2) is 7.13. The highest BCUT2D eigenvalue weighted by Crippen LogP contribution is 2.29. The lowest BCUT2D eigenvalue weighted by Gasteiger charge is -2.33. The van der Waals surface area contributed by atoms with E-state index in [1.54, 1.807) is 0 Å². The zero-order valence-corrected chi connectivity index (χ0v) is 12.4. The minimum Gasteiger partial charge on any atom is -0.352 e. The molecule has 0 radical (unpaired) electrons. The topological polar surface area (TPSA) is 55.1 Å². The van der Waals surface area contributed by atoms with E-state index in [2.05, 4.69) is 26.1 Å². The van der Waals surface area contributed by atoms with Crippen molar-refractivity contribution in [1.82, 2.24) is 5.32 Å². The van der Waals surface area contributed by atoms with Crippen molar-refractivity contribution in [2.75, 3.05) is 0 Å². The van der Waals surface area contributed by atoms with E-state index < -0.39 is 0 Å². The van der Waals surface area contributed by atoms with E-state index >= 15 is 0 Å². The van der Waals surface area contributed by atoms with Crippen LogP contribution in [0.4, 0.5) is 0 Å². The second-order valence-corrected chi connectivity index (χ2v) is 6.29. The number of rotatable bonds is 5. The first-order valence-electron chi connectivity index (χ1n) is 7.51. The lowest BCUT2D eigenvalue weighted by molar-refractivity contribution is -0.124. The average Bonchev–Trinajstić information content (AvgIpc) is 2.37. The predicted molar refractivity (Wildman–Crippen MR) is 76.2 cm³/mol. The van der Waals surface area contributed by atoms with Crippen LogP contribution in [0.2, 0.25) is 0 Å². The van der Waals surface area contributed by atoms with Gasteiger partial charge in [-0.3, -0.25) is 4.79 Å². The zero-order valence-electron chi connectivity index (χ0n) is 12.4. The minimum absolute atomic E-state index is 0.0405. The Morgan fingerprint density at radius 1 is 1.33 bits per heavy atom. The molecule has 0 saturated heterocycles.